The van der Waals surface area contributed by atoms with E-state index in [1.165, 1.54) is 12.1 Å². The number of nitrogens with zero attached hydrogens (tertiary/aromatic N) is 2. The highest BCUT2D eigenvalue weighted by Gasteiger charge is 2.46. The molecule has 1 aromatic heterocycles. The van der Waals surface area contributed by atoms with Gasteiger partial charge >= 0.3 is 6.18 Å². The van der Waals surface area contributed by atoms with Crippen LogP contribution in [0.4, 0.5) is 19.0 Å². The minimum atomic E-state index is -4.55. The van der Waals surface area contributed by atoms with Gasteiger partial charge in [0.05, 0.1) is 22.1 Å². The number of benzene rings is 2. The van der Waals surface area contributed by atoms with Gasteiger partial charge in [0.1, 0.15) is 5.82 Å². The lowest BCUT2D eigenvalue weighted by Gasteiger charge is -2.33. The van der Waals surface area contributed by atoms with Gasteiger partial charge in [-0.3, -0.25) is 4.79 Å². The highest BCUT2D eigenvalue weighted by molar-refractivity contribution is 6.42. The van der Waals surface area contributed by atoms with Crippen molar-refractivity contribution in [2.24, 2.45) is 0 Å². The Morgan fingerprint density at radius 1 is 1.16 bits per heavy atom. The zero-order chi connectivity index (χ0) is 23.0. The Hall–Kier alpha value is -2.71. The van der Waals surface area contributed by atoms with Crippen LogP contribution in [0.2, 0.25) is 10.0 Å². The third kappa shape index (κ3) is 4.56. The van der Waals surface area contributed by atoms with Crippen molar-refractivity contribution in [1.29, 1.82) is 0 Å². The first-order valence-corrected chi connectivity index (χ1v) is 10.6. The number of amides is 1. The fourth-order valence-corrected chi connectivity index (χ4v) is 4.03. The van der Waals surface area contributed by atoms with E-state index < -0.39 is 24.2 Å². The van der Waals surface area contributed by atoms with E-state index in [4.69, 9.17) is 23.2 Å². The lowest BCUT2D eigenvalue weighted by molar-refractivity contribution is -0.173. The number of hydrogen-bond acceptors (Lipinski definition) is 3. The third-order valence-corrected chi connectivity index (χ3v) is 6.15. The molecular formula is C22H19Cl2F3N4O. The van der Waals surface area contributed by atoms with E-state index in [1.54, 1.807) is 19.1 Å². The summed E-state index contributed by atoms with van der Waals surface area (Å²) in [5.74, 6) is -0.454. The molecule has 168 valence electrons. The van der Waals surface area contributed by atoms with Gasteiger partial charge in [0.15, 0.2) is 11.7 Å². The van der Waals surface area contributed by atoms with E-state index in [1.807, 2.05) is 30.3 Å². The van der Waals surface area contributed by atoms with Gasteiger partial charge in [-0.1, -0.05) is 59.6 Å². The molecule has 1 aliphatic heterocycles. The standard InChI is InChI=1S/C22H19Cl2F3N4O/c1-12(13-5-3-2-4-6-13)28-21(32)18-11-20-29-17(14-7-8-15(23)16(24)9-14)10-19(22(25,26)27)31(20)30-18/h2-9,11-12,17,19,29H,10H2,1H3,(H,28,32)/t12-,17+,19-/m0/s1. The lowest BCUT2D eigenvalue weighted by atomic mass is 9.97. The molecule has 3 aromatic rings. The fraction of sp³-hybridized carbons (Fsp3) is 0.273. The van der Waals surface area contributed by atoms with E-state index in [-0.39, 0.29) is 29.0 Å². The molecule has 1 aliphatic rings. The van der Waals surface area contributed by atoms with Gasteiger partial charge in [-0.15, -0.1) is 0 Å². The van der Waals surface area contributed by atoms with Crippen molar-refractivity contribution < 1.29 is 18.0 Å². The predicted molar refractivity (Wildman–Crippen MR) is 117 cm³/mol. The second kappa shape index (κ2) is 8.67. The van der Waals surface area contributed by atoms with Crippen LogP contribution in [0.5, 0.6) is 0 Å². The number of rotatable bonds is 4. The summed E-state index contributed by atoms with van der Waals surface area (Å²) in [7, 11) is 0. The molecule has 5 nitrogen and oxygen atoms in total. The van der Waals surface area contributed by atoms with Crippen molar-refractivity contribution >= 4 is 34.9 Å². The molecule has 4 rings (SSSR count). The molecule has 0 saturated carbocycles. The third-order valence-electron chi connectivity index (χ3n) is 5.42. The van der Waals surface area contributed by atoms with Crippen molar-refractivity contribution in [1.82, 2.24) is 15.1 Å². The Morgan fingerprint density at radius 2 is 1.88 bits per heavy atom. The monoisotopic (exact) mass is 482 g/mol. The lowest BCUT2D eigenvalue weighted by Crippen LogP contribution is -2.36. The molecule has 0 fully saturated rings. The van der Waals surface area contributed by atoms with Crippen LogP contribution >= 0.6 is 23.2 Å². The minimum Gasteiger partial charge on any atom is -0.363 e. The summed E-state index contributed by atoms with van der Waals surface area (Å²) in [5, 5.41) is 10.4. The molecule has 0 saturated heterocycles. The van der Waals surface area contributed by atoms with Crippen LogP contribution < -0.4 is 10.6 Å². The Morgan fingerprint density at radius 3 is 2.53 bits per heavy atom. The largest absolute Gasteiger partial charge is 0.410 e. The van der Waals surface area contributed by atoms with Gasteiger partial charge in [0.2, 0.25) is 0 Å². The molecule has 2 heterocycles. The van der Waals surface area contributed by atoms with Crippen LogP contribution in [0.1, 0.15) is 53.1 Å². The van der Waals surface area contributed by atoms with Gasteiger partial charge in [0.25, 0.3) is 5.91 Å². The number of fused-ring (bicyclic) bond motifs is 1. The number of halogens is 5. The van der Waals surface area contributed by atoms with Gasteiger partial charge in [0, 0.05) is 12.5 Å². The smallest absolute Gasteiger partial charge is 0.363 e. The quantitative estimate of drug-likeness (QED) is 0.455. The average Bonchev–Trinajstić information content (AvgIpc) is 3.19. The predicted octanol–water partition coefficient (Wildman–Crippen LogP) is 6.34. The Balaban J connectivity index is 1.61. The maximum Gasteiger partial charge on any atom is 0.410 e. The summed E-state index contributed by atoms with van der Waals surface area (Å²) in [6.45, 7) is 1.79. The fourth-order valence-electron chi connectivity index (χ4n) is 3.73. The van der Waals surface area contributed by atoms with E-state index in [9.17, 15) is 18.0 Å². The highest BCUT2D eigenvalue weighted by atomic mass is 35.5. The first-order chi connectivity index (χ1) is 15.1. The molecule has 1 amide bonds. The minimum absolute atomic E-state index is 0.0979. The van der Waals surface area contributed by atoms with Crippen LogP contribution in [0.25, 0.3) is 0 Å². The summed E-state index contributed by atoms with van der Waals surface area (Å²) >= 11 is 12.0. The molecule has 32 heavy (non-hydrogen) atoms. The number of nitrogens with one attached hydrogen (secondary N) is 2. The molecule has 0 aliphatic carbocycles. The molecule has 0 bridgehead atoms. The molecule has 3 atom stereocenters. The maximum atomic E-state index is 13.9. The van der Waals surface area contributed by atoms with Crippen molar-refractivity contribution in [2.45, 2.75) is 37.6 Å². The van der Waals surface area contributed by atoms with Crippen molar-refractivity contribution in [3.05, 3.63) is 81.5 Å². The van der Waals surface area contributed by atoms with Crippen LogP contribution in [0.15, 0.2) is 54.6 Å². The Bertz CT molecular complexity index is 1130. The Kier molecular flexibility index (Phi) is 6.09. The molecule has 2 aromatic carbocycles. The van der Waals surface area contributed by atoms with Crippen molar-refractivity contribution in [3.8, 4) is 0 Å². The number of alkyl halides is 3. The van der Waals surface area contributed by atoms with Crippen molar-refractivity contribution in [2.75, 3.05) is 5.32 Å². The van der Waals surface area contributed by atoms with Crippen molar-refractivity contribution in [3.63, 3.8) is 0 Å². The normalized spacial score (nSPS) is 19.1. The second-order valence-electron chi connectivity index (χ2n) is 7.63. The van der Waals surface area contributed by atoms with Gasteiger partial charge in [-0.25, -0.2) is 4.68 Å². The van der Waals surface area contributed by atoms with Gasteiger partial charge < -0.3 is 10.6 Å². The molecule has 0 radical (unpaired) electrons. The van der Waals surface area contributed by atoms with Crippen LogP contribution in [-0.4, -0.2) is 21.9 Å². The number of hydrogen-bond donors (Lipinski definition) is 2. The summed E-state index contributed by atoms with van der Waals surface area (Å²) < 4.78 is 42.4. The molecule has 0 spiro atoms. The number of carbonyl (C=O) groups is 1. The topological polar surface area (TPSA) is 59.0 Å². The molecule has 2 N–H and O–H groups in total. The SMILES string of the molecule is C[C@H](NC(=O)c1cc2n(n1)[C@H](C(F)(F)F)C[C@H](c1ccc(Cl)c(Cl)c1)N2)c1ccccc1. The van der Waals surface area contributed by atoms with E-state index in [2.05, 4.69) is 15.7 Å². The van der Waals surface area contributed by atoms with Crippen LogP contribution in [0, 0.1) is 0 Å². The van der Waals surface area contributed by atoms with Gasteiger partial charge in [-0.05, 0) is 30.2 Å². The van der Waals surface area contributed by atoms with Crippen LogP contribution in [-0.2, 0) is 0 Å². The zero-order valence-electron chi connectivity index (χ0n) is 16.8. The van der Waals surface area contributed by atoms with E-state index in [0.717, 1.165) is 10.2 Å². The Labute approximate surface area is 192 Å². The second-order valence-corrected chi connectivity index (χ2v) is 8.44. The first kappa shape index (κ1) is 22.5. The highest BCUT2D eigenvalue weighted by Crippen LogP contribution is 2.44. The summed E-state index contributed by atoms with van der Waals surface area (Å²) in [6, 6.07) is 12.4. The number of aromatic nitrogens is 2. The summed E-state index contributed by atoms with van der Waals surface area (Å²) in [4.78, 5) is 12.7. The molecule has 10 heteroatoms. The summed E-state index contributed by atoms with van der Waals surface area (Å²) in [6.07, 6.45) is -4.86. The van der Waals surface area contributed by atoms with E-state index >= 15 is 0 Å². The van der Waals surface area contributed by atoms with E-state index in [0.29, 0.717) is 10.6 Å². The number of anilines is 1. The summed E-state index contributed by atoms with van der Waals surface area (Å²) in [5.41, 5.74) is 1.33. The van der Waals surface area contributed by atoms with Crippen LogP contribution in [0.3, 0.4) is 0 Å². The van der Waals surface area contributed by atoms with Gasteiger partial charge in [-0.2, -0.15) is 18.3 Å². The average molecular weight is 483 g/mol. The molecule has 0 unspecified atom stereocenters. The number of carbonyl (C=O) groups excluding carboxylic acids is 1. The molecular weight excluding hydrogens is 464 g/mol. The maximum absolute atomic E-state index is 13.9. The zero-order valence-corrected chi connectivity index (χ0v) is 18.3. The first-order valence-electron chi connectivity index (χ1n) is 9.87.